The van der Waals surface area contributed by atoms with Crippen molar-refractivity contribution in [3.05, 3.63) is 50.7 Å². The Hall–Kier alpha value is -0.880. The molecule has 4 nitrogen and oxygen atoms in total. The molecule has 0 saturated carbocycles. The minimum atomic E-state index is -0.0540. The van der Waals surface area contributed by atoms with E-state index in [2.05, 4.69) is 40.3 Å². The standard InChI is InChI=1S/C15H20BrClN4/c1-3-12-15(16)14(21(4-2)20-12)9-13(19-18)10-7-5-6-8-11(10)17/h5-8,13,19H,3-4,9,18H2,1-2H3. The fourth-order valence-corrected chi connectivity index (χ4v) is 3.42. The Morgan fingerprint density at radius 3 is 2.67 bits per heavy atom. The van der Waals surface area contributed by atoms with Gasteiger partial charge < -0.3 is 0 Å². The van der Waals surface area contributed by atoms with Gasteiger partial charge in [0, 0.05) is 18.0 Å². The number of halogens is 2. The first kappa shape index (κ1) is 16.5. The molecule has 1 atom stereocenters. The van der Waals surface area contributed by atoms with Gasteiger partial charge in [-0.3, -0.25) is 16.0 Å². The summed E-state index contributed by atoms with van der Waals surface area (Å²) in [6, 6.07) is 7.70. The SMILES string of the molecule is CCc1nn(CC)c(CC(NN)c2ccccc2Cl)c1Br. The van der Waals surface area contributed by atoms with E-state index in [1.165, 1.54) is 0 Å². The molecule has 0 fully saturated rings. The van der Waals surface area contributed by atoms with E-state index in [1.54, 1.807) is 0 Å². The zero-order chi connectivity index (χ0) is 15.4. The molecule has 1 aromatic carbocycles. The van der Waals surface area contributed by atoms with E-state index < -0.39 is 0 Å². The molecule has 114 valence electrons. The molecule has 0 saturated heterocycles. The van der Waals surface area contributed by atoms with Crippen LogP contribution in [0.1, 0.15) is 36.8 Å². The van der Waals surface area contributed by atoms with Crippen molar-refractivity contribution in [1.82, 2.24) is 15.2 Å². The van der Waals surface area contributed by atoms with Crippen LogP contribution in [0.2, 0.25) is 5.02 Å². The maximum atomic E-state index is 6.28. The van der Waals surface area contributed by atoms with Crippen LogP contribution in [0.3, 0.4) is 0 Å². The van der Waals surface area contributed by atoms with Crippen LogP contribution in [0.15, 0.2) is 28.7 Å². The number of rotatable bonds is 6. The average Bonchev–Trinajstić information content (AvgIpc) is 2.81. The van der Waals surface area contributed by atoms with Gasteiger partial charge in [-0.05, 0) is 40.9 Å². The van der Waals surface area contributed by atoms with Gasteiger partial charge in [-0.2, -0.15) is 5.10 Å². The van der Waals surface area contributed by atoms with Gasteiger partial charge in [-0.1, -0.05) is 36.7 Å². The molecular formula is C15H20BrClN4. The molecule has 0 bridgehead atoms. The van der Waals surface area contributed by atoms with Crippen LogP contribution in [0.4, 0.5) is 0 Å². The molecule has 1 aromatic heterocycles. The highest BCUT2D eigenvalue weighted by Crippen LogP contribution is 2.29. The molecule has 0 aliphatic carbocycles. The van der Waals surface area contributed by atoms with Crippen LogP contribution < -0.4 is 11.3 Å². The Balaban J connectivity index is 2.35. The van der Waals surface area contributed by atoms with Crippen molar-refractivity contribution in [3.63, 3.8) is 0 Å². The maximum Gasteiger partial charge on any atom is 0.0766 e. The number of hydrogen-bond acceptors (Lipinski definition) is 3. The van der Waals surface area contributed by atoms with Crippen molar-refractivity contribution in [1.29, 1.82) is 0 Å². The number of nitrogens with two attached hydrogens (primary N) is 1. The number of nitrogens with one attached hydrogen (secondary N) is 1. The Labute approximate surface area is 138 Å². The summed E-state index contributed by atoms with van der Waals surface area (Å²) in [5, 5.41) is 5.34. The first-order valence-corrected chi connectivity index (χ1v) is 8.24. The lowest BCUT2D eigenvalue weighted by Crippen LogP contribution is -2.30. The lowest BCUT2D eigenvalue weighted by Gasteiger charge is -2.18. The summed E-state index contributed by atoms with van der Waals surface area (Å²) in [6.45, 7) is 5.01. The van der Waals surface area contributed by atoms with Gasteiger partial charge in [0.05, 0.1) is 21.9 Å². The lowest BCUT2D eigenvalue weighted by molar-refractivity contribution is 0.516. The second-order valence-electron chi connectivity index (χ2n) is 4.82. The van der Waals surface area contributed by atoms with Crippen molar-refractivity contribution < 1.29 is 0 Å². The summed E-state index contributed by atoms with van der Waals surface area (Å²) in [4.78, 5) is 0. The van der Waals surface area contributed by atoms with E-state index in [0.717, 1.165) is 45.8 Å². The van der Waals surface area contributed by atoms with Crippen molar-refractivity contribution in [3.8, 4) is 0 Å². The number of nitrogens with zero attached hydrogens (tertiary/aromatic N) is 2. The van der Waals surface area contributed by atoms with E-state index in [-0.39, 0.29) is 6.04 Å². The monoisotopic (exact) mass is 370 g/mol. The zero-order valence-corrected chi connectivity index (χ0v) is 14.6. The molecule has 1 unspecified atom stereocenters. The lowest BCUT2D eigenvalue weighted by atomic mass is 10.0. The third kappa shape index (κ3) is 3.48. The highest BCUT2D eigenvalue weighted by Gasteiger charge is 2.20. The predicted molar refractivity (Wildman–Crippen MR) is 90.2 cm³/mol. The van der Waals surface area contributed by atoms with E-state index in [1.807, 2.05) is 28.9 Å². The van der Waals surface area contributed by atoms with Crippen LogP contribution in [-0.4, -0.2) is 9.78 Å². The van der Waals surface area contributed by atoms with E-state index in [9.17, 15) is 0 Å². The first-order chi connectivity index (χ1) is 10.1. The molecule has 0 aliphatic heterocycles. The van der Waals surface area contributed by atoms with Crippen LogP contribution in [0.25, 0.3) is 0 Å². The first-order valence-electron chi connectivity index (χ1n) is 7.06. The predicted octanol–water partition coefficient (Wildman–Crippen LogP) is 3.63. The van der Waals surface area contributed by atoms with Crippen LogP contribution in [0, 0.1) is 0 Å². The molecule has 1 heterocycles. The van der Waals surface area contributed by atoms with E-state index >= 15 is 0 Å². The van der Waals surface area contributed by atoms with Gasteiger partial charge in [0.15, 0.2) is 0 Å². The number of hydrogen-bond donors (Lipinski definition) is 2. The highest BCUT2D eigenvalue weighted by atomic mass is 79.9. The van der Waals surface area contributed by atoms with Gasteiger partial charge in [-0.15, -0.1) is 0 Å². The summed E-state index contributed by atoms with van der Waals surface area (Å²) in [5.74, 6) is 5.75. The molecular weight excluding hydrogens is 352 g/mol. The molecule has 6 heteroatoms. The molecule has 2 rings (SSSR count). The number of hydrazine groups is 1. The summed E-state index contributed by atoms with van der Waals surface area (Å²) in [7, 11) is 0. The maximum absolute atomic E-state index is 6.28. The van der Waals surface area contributed by atoms with Gasteiger partial charge in [0.1, 0.15) is 0 Å². The Morgan fingerprint density at radius 1 is 1.38 bits per heavy atom. The third-order valence-electron chi connectivity index (χ3n) is 3.57. The minimum absolute atomic E-state index is 0.0540. The van der Waals surface area contributed by atoms with E-state index in [0.29, 0.717) is 0 Å². The smallest absolute Gasteiger partial charge is 0.0766 e. The van der Waals surface area contributed by atoms with Gasteiger partial charge in [0.2, 0.25) is 0 Å². The largest absolute Gasteiger partial charge is 0.271 e. The second kappa shape index (κ2) is 7.40. The zero-order valence-electron chi connectivity index (χ0n) is 12.2. The summed E-state index contributed by atoms with van der Waals surface area (Å²) < 4.78 is 3.09. The molecule has 0 aliphatic rings. The average molecular weight is 372 g/mol. The van der Waals surface area contributed by atoms with Crippen LogP contribution in [-0.2, 0) is 19.4 Å². The Morgan fingerprint density at radius 2 is 2.10 bits per heavy atom. The van der Waals surface area contributed by atoms with Crippen molar-refractivity contribution in [2.45, 2.75) is 39.3 Å². The van der Waals surface area contributed by atoms with Crippen molar-refractivity contribution in [2.75, 3.05) is 0 Å². The second-order valence-corrected chi connectivity index (χ2v) is 6.02. The van der Waals surface area contributed by atoms with Gasteiger partial charge >= 0.3 is 0 Å². The Kier molecular flexibility index (Phi) is 5.81. The molecule has 0 radical (unpaired) electrons. The molecule has 0 spiro atoms. The van der Waals surface area contributed by atoms with E-state index in [4.69, 9.17) is 17.4 Å². The molecule has 2 aromatic rings. The number of benzene rings is 1. The normalized spacial score (nSPS) is 12.6. The molecule has 0 amide bonds. The highest BCUT2D eigenvalue weighted by molar-refractivity contribution is 9.10. The topological polar surface area (TPSA) is 55.9 Å². The van der Waals surface area contributed by atoms with Gasteiger partial charge in [0.25, 0.3) is 0 Å². The fraction of sp³-hybridized carbons (Fsp3) is 0.400. The summed E-state index contributed by atoms with van der Waals surface area (Å²) in [6.07, 6.45) is 1.62. The van der Waals surface area contributed by atoms with Crippen LogP contribution in [0.5, 0.6) is 0 Å². The van der Waals surface area contributed by atoms with Crippen molar-refractivity contribution in [2.24, 2.45) is 5.84 Å². The fourth-order valence-electron chi connectivity index (χ4n) is 2.42. The third-order valence-corrected chi connectivity index (χ3v) is 4.83. The van der Waals surface area contributed by atoms with Crippen molar-refractivity contribution >= 4 is 27.5 Å². The van der Waals surface area contributed by atoms with Crippen LogP contribution >= 0.6 is 27.5 Å². The minimum Gasteiger partial charge on any atom is -0.271 e. The molecule has 21 heavy (non-hydrogen) atoms. The summed E-state index contributed by atoms with van der Waals surface area (Å²) in [5.41, 5.74) is 6.07. The number of aryl methyl sites for hydroxylation is 2. The Bertz CT molecular complexity index is 612. The summed E-state index contributed by atoms with van der Waals surface area (Å²) >= 11 is 9.95. The molecule has 3 N–H and O–H groups in total. The quantitative estimate of drug-likeness (QED) is 0.602. The van der Waals surface area contributed by atoms with Gasteiger partial charge in [-0.25, -0.2) is 0 Å². The number of aromatic nitrogens is 2.